The third-order valence-corrected chi connectivity index (χ3v) is 4.31. The lowest BCUT2D eigenvalue weighted by atomic mass is 10.2. The standard InChI is InChI=1S/C18H27N7/c1-2-19-18(21-12-10-15-8-5-6-11-20-15)22-14-17-24-23-16-9-4-3-7-13-25(16)17/h5-6,8,11H,2-4,7,9-10,12-14H2,1H3,(H2,19,21,22). The molecule has 0 atom stereocenters. The number of nitrogens with one attached hydrogen (secondary N) is 2. The summed E-state index contributed by atoms with van der Waals surface area (Å²) in [5, 5.41) is 15.3. The van der Waals surface area contributed by atoms with Crippen molar-refractivity contribution in [3.05, 3.63) is 41.7 Å². The van der Waals surface area contributed by atoms with E-state index in [0.29, 0.717) is 6.54 Å². The maximum Gasteiger partial charge on any atom is 0.191 e. The summed E-state index contributed by atoms with van der Waals surface area (Å²) in [7, 11) is 0. The van der Waals surface area contributed by atoms with Crippen LogP contribution in [0.5, 0.6) is 0 Å². The summed E-state index contributed by atoms with van der Waals surface area (Å²) in [5.41, 5.74) is 1.08. The van der Waals surface area contributed by atoms with E-state index in [9.17, 15) is 0 Å². The van der Waals surface area contributed by atoms with Crippen LogP contribution in [0.15, 0.2) is 29.4 Å². The Bertz CT molecular complexity index is 678. The third kappa shape index (κ3) is 5.01. The second-order valence-electron chi connectivity index (χ2n) is 6.19. The molecule has 0 unspecified atom stereocenters. The van der Waals surface area contributed by atoms with Gasteiger partial charge in [-0.1, -0.05) is 12.5 Å². The number of aliphatic imine (C=N–C) groups is 1. The summed E-state index contributed by atoms with van der Waals surface area (Å²) in [5.74, 6) is 2.87. The van der Waals surface area contributed by atoms with Gasteiger partial charge in [0.05, 0.1) is 0 Å². The minimum Gasteiger partial charge on any atom is -0.357 e. The van der Waals surface area contributed by atoms with Crippen LogP contribution in [0.2, 0.25) is 0 Å². The molecule has 0 bridgehead atoms. The van der Waals surface area contributed by atoms with Crippen LogP contribution in [-0.2, 0) is 25.9 Å². The van der Waals surface area contributed by atoms with E-state index >= 15 is 0 Å². The van der Waals surface area contributed by atoms with Gasteiger partial charge in [0.15, 0.2) is 11.8 Å². The molecule has 134 valence electrons. The van der Waals surface area contributed by atoms with Crippen LogP contribution in [0.4, 0.5) is 0 Å². The number of pyridine rings is 1. The molecule has 2 aromatic heterocycles. The second kappa shape index (κ2) is 9.15. The Kier molecular flexibility index (Phi) is 6.36. The van der Waals surface area contributed by atoms with Crippen molar-refractivity contribution in [3.63, 3.8) is 0 Å². The van der Waals surface area contributed by atoms with Crippen molar-refractivity contribution >= 4 is 5.96 Å². The molecule has 7 nitrogen and oxygen atoms in total. The number of aryl methyl sites for hydroxylation is 1. The van der Waals surface area contributed by atoms with Crippen molar-refractivity contribution in [2.24, 2.45) is 4.99 Å². The van der Waals surface area contributed by atoms with Crippen LogP contribution < -0.4 is 10.6 Å². The van der Waals surface area contributed by atoms with E-state index in [0.717, 1.165) is 55.8 Å². The van der Waals surface area contributed by atoms with Crippen molar-refractivity contribution < 1.29 is 0 Å². The maximum absolute atomic E-state index is 4.68. The van der Waals surface area contributed by atoms with Crippen LogP contribution in [-0.4, -0.2) is 38.8 Å². The van der Waals surface area contributed by atoms with Gasteiger partial charge in [-0.3, -0.25) is 4.98 Å². The molecule has 3 rings (SSSR count). The van der Waals surface area contributed by atoms with Gasteiger partial charge in [0.1, 0.15) is 12.4 Å². The van der Waals surface area contributed by atoms with Crippen LogP contribution in [0, 0.1) is 0 Å². The molecule has 0 fully saturated rings. The Morgan fingerprint density at radius 1 is 1.20 bits per heavy atom. The molecule has 25 heavy (non-hydrogen) atoms. The average Bonchev–Trinajstić information content (AvgIpc) is 2.87. The number of fused-ring (bicyclic) bond motifs is 1. The summed E-state index contributed by atoms with van der Waals surface area (Å²) < 4.78 is 2.24. The Morgan fingerprint density at radius 3 is 3.00 bits per heavy atom. The normalized spacial score (nSPS) is 14.7. The van der Waals surface area contributed by atoms with Crippen molar-refractivity contribution in [1.29, 1.82) is 0 Å². The SMILES string of the molecule is CCNC(=NCc1nnc2n1CCCCC2)NCCc1ccccn1. The zero-order valence-electron chi connectivity index (χ0n) is 14.9. The highest BCUT2D eigenvalue weighted by molar-refractivity contribution is 5.79. The molecule has 2 aromatic rings. The first-order valence-electron chi connectivity index (χ1n) is 9.20. The largest absolute Gasteiger partial charge is 0.357 e. The highest BCUT2D eigenvalue weighted by atomic mass is 15.3. The zero-order valence-corrected chi connectivity index (χ0v) is 14.9. The summed E-state index contributed by atoms with van der Waals surface area (Å²) in [6, 6.07) is 5.99. The molecule has 2 N–H and O–H groups in total. The minimum atomic E-state index is 0.548. The van der Waals surface area contributed by atoms with Crippen LogP contribution >= 0.6 is 0 Å². The number of guanidine groups is 1. The molecule has 7 heteroatoms. The van der Waals surface area contributed by atoms with E-state index in [1.807, 2.05) is 24.4 Å². The van der Waals surface area contributed by atoms with E-state index in [4.69, 9.17) is 0 Å². The predicted octanol–water partition coefficient (Wildman–Crippen LogP) is 1.70. The van der Waals surface area contributed by atoms with Gasteiger partial charge in [0.2, 0.25) is 0 Å². The smallest absolute Gasteiger partial charge is 0.191 e. The predicted molar refractivity (Wildman–Crippen MR) is 98.3 cm³/mol. The third-order valence-electron chi connectivity index (χ3n) is 4.31. The molecule has 1 aliphatic heterocycles. The quantitative estimate of drug-likeness (QED) is 0.617. The van der Waals surface area contributed by atoms with Gasteiger partial charge in [-0.15, -0.1) is 10.2 Å². The molecule has 0 spiro atoms. The number of hydrogen-bond donors (Lipinski definition) is 2. The first-order chi connectivity index (χ1) is 12.4. The summed E-state index contributed by atoms with van der Waals surface area (Å²) in [6.45, 7) is 5.25. The van der Waals surface area contributed by atoms with Crippen molar-refractivity contribution in [2.75, 3.05) is 13.1 Å². The Hall–Kier alpha value is -2.44. The number of nitrogens with zero attached hydrogens (tertiary/aromatic N) is 5. The van der Waals surface area contributed by atoms with E-state index in [1.54, 1.807) is 0 Å². The first kappa shape index (κ1) is 17.4. The Balaban J connectivity index is 1.57. The summed E-state index contributed by atoms with van der Waals surface area (Å²) >= 11 is 0. The highest BCUT2D eigenvalue weighted by Gasteiger charge is 2.14. The van der Waals surface area contributed by atoms with Crippen LogP contribution in [0.1, 0.15) is 43.5 Å². The van der Waals surface area contributed by atoms with Gasteiger partial charge in [-0.25, -0.2) is 4.99 Å². The molecule has 0 radical (unpaired) electrons. The molecule has 1 aliphatic rings. The van der Waals surface area contributed by atoms with Crippen LogP contribution in [0.25, 0.3) is 0 Å². The zero-order chi connectivity index (χ0) is 17.3. The molecular formula is C18H27N7. The Labute approximate surface area is 149 Å². The Morgan fingerprint density at radius 2 is 2.16 bits per heavy atom. The van der Waals surface area contributed by atoms with Gasteiger partial charge < -0.3 is 15.2 Å². The lowest BCUT2D eigenvalue weighted by molar-refractivity contribution is 0.605. The lowest BCUT2D eigenvalue weighted by Gasteiger charge is -2.11. The van der Waals surface area contributed by atoms with Gasteiger partial charge in [0, 0.05) is 44.4 Å². The van der Waals surface area contributed by atoms with E-state index in [1.165, 1.54) is 19.3 Å². The fraction of sp³-hybridized carbons (Fsp3) is 0.556. The monoisotopic (exact) mass is 341 g/mol. The van der Waals surface area contributed by atoms with Gasteiger partial charge >= 0.3 is 0 Å². The van der Waals surface area contributed by atoms with Crippen molar-refractivity contribution in [3.8, 4) is 0 Å². The molecule has 0 aliphatic carbocycles. The van der Waals surface area contributed by atoms with Gasteiger partial charge in [-0.2, -0.15) is 0 Å². The average molecular weight is 341 g/mol. The fourth-order valence-electron chi connectivity index (χ4n) is 3.01. The number of hydrogen-bond acceptors (Lipinski definition) is 4. The summed E-state index contributed by atoms with van der Waals surface area (Å²) in [6.07, 6.45) is 7.39. The van der Waals surface area contributed by atoms with Crippen LogP contribution in [0.3, 0.4) is 0 Å². The van der Waals surface area contributed by atoms with E-state index in [-0.39, 0.29) is 0 Å². The van der Waals surface area contributed by atoms with Gasteiger partial charge in [0.25, 0.3) is 0 Å². The summed E-state index contributed by atoms with van der Waals surface area (Å²) in [4.78, 5) is 9.02. The topological polar surface area (TPSA) is 80.0 Å². The van der Waals surface area contributed by atoms with Crippen molar-refractivity contribution in [2.45, 2.75) is 52.1 Å². The minimum absolute atomic E-state index is 0.548. The molecular weight excluding hydrogens is 314 g/mol. The lowest BCUT2D eigenvalue weighted by Crippen LogP contribution is -2.38. The fourth-order valence-corrected chi connectivity index (χ4v) is 3.01. The molecule has 0 aromatic carbocycles. The molecule has 0 amide bonds. The number of rotatable bonds is 6. The van der Waals surface area contributed by atoms with E-state index < -0.39 is 0 Å². The van der Waals surface area contributed by atoms with E-state index in [2.05, 4.69) is 42.3 Å². The second-order valence-corrected chi connectivity index (χ2v) is 6.19. The highest BCUT2D eigenvalue weighted by Crippen LogP contribution is 2.14. The molecule has 0 saturated carbocycles. The molecule has 3 heterocycles. The molecule has 0 saturated heterocycles. The maximum atomic E-state index is 4.68. The van der Waals surface area contributed by atoms with Gasteiger partial charge in [-0.05, 0) is 31.9 Å². The first-order valence-corrected chi connectivity index (χ1v) is 9.20. The van der Waals surface area contributed by atoms with Crippen molar-refractivity contribution in [1.82, 2.24) is 30.4 Å². The number of aromatic nitrogens is 4.